The number of nitrogens with zero attached hydrogens (tertiary/aromatic N) is 2. The molecule has 0 N–H and O–H groups in total. The molecule has 2 nitrogen and oxygen atoms in total. The van der Waals surface area contributed by atoms with E-state index < -0.39 is 11.9 Å². The van der Waals surface area contributed by atoms with E-state index in [1.165, 1.54) is 0 Å². The maximum atomic E-state index is 11.7. The predicted octanol–water partition coefficient (Wildman–Crippen LogP) is 1.59. The Morgan fingerprint density at radius 3 is 2.30 bits per heavy atom. The van der Waals surface area contributed by atoms with Gasteiger partial charge < -0.3 is 0 Å². The number of hydrogen-bond acceptors (Lipinski definition) is 2. The summed E-state index contributed by atoms with van der Waals surface area (Å²) in [5.41, 5.74) is -0.928. The number of rotatable bonds is 0. The lowest BCUT2D eigenvalue weighted by Gasteiger charge is -1.98. The molecule has 0 aliphatic carbocycles. The lowest BCUT2D eigenvalue weighted by molar-refractivity contribution is -0.140. The first-order valence-corrected chi connectivity index (χ1v) is 2.70. The average Bonchev–Trinajstić information content (AvgIpc) is 2.11. The molecule has 0 saturated carbocycles. The standard InChI is InChI=1S/C4H3F3N2S/c5-4(6,7)3-1-9(10)2-8-3/h1-2,10H. The van der Waals surface area contributed by atoms with Crippen molar-refractivity contribution in [2.45, 2.75) is 6.18 Å². The number of halogens is 3. The number of thiol groups is 1. The molecule has 0 aliphatic rings. The van der Waals surface area contributed by atoms with Crippen molar-refractivity contribution in [2.24, 2.45) is 0 Å². The Morgan fingerprint density at radius 1 is 1.50 bits per heavy atom. The molecule has 0 radical (unpaired) electrons. The van der Waals surface area contributed by atoms with Gasteiger partial charge in [0.15, 0.2) is 5.69 Å². The highest BCUT2D eigenvalue weighted by molar-refractivity contribution is 7.78. The third kappa shape index (κ3) is 1.44. The summed E-state index contributed by atoms with van der Waals surface area (Å²) in [6.45, 7) is 0. The first kappa shape index (κ1) is 7.46. The van der Waals surface area contributed by atoms with Gasteiger partial charge in [0.2, 0.25) is 0 Å². The van der Waals surface area contributed by atoms with E-state index >= 15 is 0 Å². The van der Waals surface area contributed by atoms with Gasteiger partial charge in [-0.15, -0.1) is 0 Å². The summed E-state index contributed by atoms with van der Waals surface area (Å²) < 4.78 is 36.0. The van der Waals surface area contributed by atoms with Crippen LogP contribution >= 0.6 is 12.8 Å². The van der Waals surface area contributed by atoms with E-state index in [1.54, 1.807) is 0 Å². The van der Waals surface area contributed by atoms with Crippen LogP contribution in [0.5, 0.6) is 0 Å². The quantitative estimate of drug-likeness (QED) is 0.582. The van der Waals surface area contributed by atoms with Crippen LogP contribution in [-0.4, -0.2) is 8.96 Å². The second-order valence-corrected chi connectivity index (χ2v) is 2.10. The number of alkyl halides is 3. The molecule has 1 aromatic heterocycles. The summed E-state index contributed by atoms with van der Waals surface area (Å²) in [6, 6.07) is 0. The van der Waals surface area contributed by atoms with Crippen molar-refractivity contribution < 1.29 is 13.2 Å². The molecule has 0 bridgehead atoms. The summed E-state index contributed by atoms with van der Waals surface area (Å²) in [6.07, 6.45) is -2.59. The summed E-state index contributed by atoms with van der Waals surface area (Å²) in [5.74, 6) is 0. The Bertz CT molecular complexity index is 229. The van der Waals surface area contributed by atoms with E-state index in [9.17, 15) is 13.2 Å². The lowest BCUT2D eigenvalue weighted by Crippen LogP contribution is -2.04. The van der Waals surface area contributed by atoms with E-state index in [0.29, 0.717) is 0 Å². The van der Waals surface area contributed by atoms with E-state index in [2.05, 4.69) is 17.8 Å². The largest absolute Gasteiger partial charge is 0.434 e. The maximum absolute atomic E-state index is 11.7. The smallest absolute Gasteiger partial charge is 0.282 e. The van der Waals surface area contributed by atoms with Crippen LogP contribution < -0.4 is 0 Å². The Hall–Kier alpha value is -0.650. The third-order valence-corrected chi connectivity index (χ3v) is 1.08. The molecular formula is C4H3F3N2S. The van der Waals surface area contributed by atoms with Crippen LogP contribution in [0, 0.1) is 0 Å². The summed E-state index contributed by atoms with van der Waals surface area (Å²) in [5, 5.41) is 0. The monoisotopic (exact) mass is 168 g/mol. The fraction of sp³-hybridized carbons (Fsp3) is 0.250. The molecule has 0 aliphatic heterocycles. The van der Waals surface area contributed by atoms with Crippen LogP contribution in [0.1, 0.15) is 5.69 Å². The van der Waals surface area contributed by atoms with Gasteiger partial charge in [-0.2, -0.15) is 13.2 Å². The second-order valence-electron chi connectivity index (χ2n) is 1.64. The SMILES string of the molecule is FC(F)(F)c1cn(S)cn1. The zero-order valence-electron chi connectivity index (χ0n) is 4.63. The highest BCUT2D eigenvalue weighted by Gasteiger charge is 2.33. The first-order chi connectivity index (χ1) is 4.50. The van der Waals surface area contributed by atoms with Crippen molar-refractivity contribution >= 4 is 12.8 Å². The average molecular weight is 168 g/mol. The Labute approximate surface area is 60.2 Å². The summed E-state index contributed by atoms with van der Waals surface area (Å²) in [4.78, 5) is 3.05. The van der Waals surface area contributed by atoms with Crippen molar-refractivity contribution in [1.29, 1.82) is 0 Å². The van der Waals surface area contributed by atoms with Gasteiger partial charge in [-0.05, 0) is 0 Å². The molecule has 0 unspecified atom stereocenters. The Kier molecular flexibility index (Phi) is 1.63. The van der Waals surface area contributed by atoms with Crippen molar-refractivity contribution in [3.63, 3.8) is 0 Å². The second kappa shape index (κ2) is 2.19. The lowest BCUT2D eigenvalue weighted by atomic mass is 10.5. The van der Waals surface area contributed by atoms with E-state index in [0.717, 1.165) is 16.5 Å². The number of imidazole rings is 1. The summed E-state index contributed by atoms with van der Waals surface area (Å²) in [7, 11) is 0. The molecule has 6 heteroatoms. The van der Waals surface area contributed by atoms with Crippen LogP contribution in [0.2, 0.25) is 0 Å². The Morgan fingerprint density at radius 2 is 2.10 bits per heavy atom. The van der Waals surface area contributed by atoms with Crippen molar-refractivity contribution in [2.75, 3.05) is 0 Å². The molecule has 0 spiro atoms. The minimum atomic E-state index is -4.37. The van der Waals surface area contributed by atoms with Crippen LogP contribution in [0.4, 0.5) is 13.2 Å². The zero-order chi connectivity index (χ0) is 7.78. The van der Waals surface area contributed by atoms with Gasteiger partial charge in [-0.1, -0.05) is 12.8 Å². The molecule has 1 heterocycles. The van der Waals surface area contributed by atoms with Crippen LogP contribution in [0.3, 0.4) is 0 Å². The highest BCUT2D eigenvalue weighted by Crippen LogP contribution is 2.27. The van der Waals surface area contributed by atoms with E-state index in [1.807, 2.05) is 0 Å². The van der Waals surface area contributed by atoms with Gasteiger partial charge in [-0.3, -0.25) is 3.97 Å². The van der Waals surface area contributed by atoms with Gasteiger partial charge in [0.1, 0.15) is 6.33 Å². The minimum absolute atomic E-state index is 0.795. The molecule has 10 heavy (non-hydrogen) atoms. The first-order valence-electron chi connectivity index (χ1n) is 2.30. The molecule has 0 saturated heterocycles. The van der Waals surface area contributed by atoms with Crippen LogP contribution in [0.25, 0.3) is 0 Å². The molecule has 56 valence electrons. The minimum Gasteiger partial charge on any atom is -0.282 e. The summed E-state index contributed by atoms with van der Waals surface area (Å²) >= 11 is 3.59. The number of aromatic nitrogens is 2. The fourth-order valence-corrected chi connectivity index (χ4v) is 0.621. The fourth-order valence-electron chi connectivity index (χ4n) is 0.460. The van der Waals surface area contributed by atoms with Gasteiger partial charge in [0.05, 0.1) is 0 Å². The Balaban J connectivity index is 2.96. The molecule has 0 aromatic carbocycles. The van der Waals surface area contributed by atoms with Gasteiger partial charge in [-0.25, -0.2) is 4.98 Å². The third-order valence-electron chi connectivity index (χ3n) is 0.860. The molecule has 1 rings (SSSR count). The van der Waals surface area contributed by atoms with Gasteiger partial charge >= 0.3 is 6.18 Å². The van der Waals surface area contributed by atoms with Crippen molar-refractivity contribution in [3.8, 4) is 0 Å². The zero-order valence-corrected chi connectivity index (χ0v) is 5.52. The maximum Gasteiger partial charge on any atom is 0.434 e. The van der Waals surface area contributed by atoms with E-state index in [-0.39, 0.29) is 0 Å². The molecule has 0 fully saturated rings. The number of hydrogen-bond donors (Lipinski definition) is 1. The van der Waals surface area contributed by atoms with Crippen molar-refractivity contribution in [3.05, 3.63) is 18.2 Å². The normalized spacial score (nSPS) is 12.0. The van der Waals surface area contributed by atoms with E-state index in [4.69, 9.17) is 0 Å². The van der Waals surface area contributed by atoms with Crippen LogP contribution in [-0.2, 0) is 6.18 Å². The van der Waals surface area contributed by atoms with Crippen molar-refractivity contribution in [1.82, 2.24) is 8.96 Å². The van der Waals surface area contributed by atoms with Crippen LogP contribution in [0.15, 0.2) is 12.5 Å². The highest BCUT2D eigenvalue weighted by atomic mass is 32.1. The molecule has 0 amide bonds. The van der Waals surface area contributed by atoms with Gasteiger partial charge in [0.25, 0.3) is 0 Å². The topological polar surface area (TPSA) is 17.8 Å². The molecule has 0 atom stereocenters. The van der Waals surface area contributed by atoms with Gasteiger partial charge in [0, 0.05) is 6.20 Å². The molecular weight excluding hydrogens is 165 g/mol. The predicted molar refractivity (Wildman–Crippen MR) is 31.6 cm³/mol. The molecule has 1 aromatic rings.